The first-order chi connectivity index (χ1) is 14.0. The number of imide groups is 1. The number of carbonyl (C=O) groups excluding carboxylic acids is 2. The minimum Gasteiger partial charge on any atom is -0.489 e. The molecule has 1 aliphatic rings. The fraction of sp³-hybridized carbons (Fsp3) is 0.200. The molecule has 3 heterocycles. The van der Waals surface area contributed by atoms with Crippen molar-refractivity contribution in [1.29, 1.82) is 0 Å². The van der Waals surface area contributed by atoms with Gasteiger partial charge in [0.15, 0.2) is 6.04 Å². The van der Waals surface area contributed by atoms with Crippen molar-refractivity contribution >= 4 is 23.7 Å². The smallest absolute Gasteiger partial charge is 0.322 e. The quantitative estimate of drug-likeness (QED) is 0.608. The summed E-state index contributed by atoms with van der Waals surface area (Å²) in [6, 6.07) is 10.3. The van der Waals surface area contributed by atoms with E-state index in [4.69, 9.17) is 4.74 Å². The zero-order chi connectivity index (χ0) is 20.4. The number of aromatic nitrogens is 3. The molecule has 3 amide bonds. The van der Waals surface area contributed by atoms with Gasteiger partial charge in [0, 0.05) is 23.8 Å². The van der Waals surface area contributed by atoms with E-state index in [2.05, 4.69) is 20.6 Å². The van der Waals surface area contributed by atoms with Gasteiger partial charge in [-0.15, -0.1) is 0 Å². The van der Waals surface area contributed by atoms with Crippen LogP contribution in [0.5, 0.6) is 5.75 Å². The molecule has 9 heteroatoms. The third kappa shape index (κ3) is 4.24. The maximum absolute atomic E-state index is 12.0. The minimum atomic E-state index is -0.746. The molecule has 4 rings (SSSR count). The van der Waals surface area contributed by atoms with Crippen molar-refractivity contribution in [1.82, 2.24) is 25.2 Å². The molecule has 1 atom stereocenters. The number of rotatable bonds is 6. The van der Waals surface area contributed by atoms with Gasteiger partial charge in [-0.1, -0.05) is 11.8 Å². The highest BCUT2D eigenvalue weighted by atomic mass is 32.2. The van der Waals surface area contributed by atoms with Crippen molar-refractivity contribution in [3.8, 4) is 5.75 Å². The Balaban J connectivity index is 1.44. The maximum atomic E-state index is 12.0. The lowest BCUT2D eigenvalue weighted by atomic mass is 10.2. The molecule has 1 fully saturated rings. The summed E-state index contributed by atoms with van der Waals surface area (Å²) in [5.41, 5.74) is 2.66. The van der Waals surface area contributed by atoms with Crippen LogP contribution in [0.1, 0.15) is 23.0 Å². The van der Waals surface area contributed by atoms with Crippen molar-refractivity contribution in [3.05, 3.63) is 65.9 Å². The van der Waals surface area contributed by atoms with Crippen molar-refractivity contribution in [2.24, 2.45) is 7.05 Å². The predicted octanol–water partition coefficient (Wildman–Crippen LogP) is 2.73. The number of nitrogens with zero attached hydrogens (tertiary/aromatic N) is 3. The normalized spacial score (nSPS) is 15.9. The number of imidazole rings is 1. The highest BCUT2D eigenvalue weighted by Gasteiger charge is 2.35. The monoisotopic (exact) mass is 409 g/mol. The Morgan fingerprint density at radius 3 is 2.66 bits per heavy atom. The van der Waals surface area contributed by atoms with E-state index in [0.717, 1.165) is 21.9 Å². The van der Waals surface area contributed by atoms with E-state index in [1.165, 1.54) is 11.8 Å². The molecule has 3 aromatic rings. The van der Waals surface area contributed by atoms with Gasteiger partial charge in [0.1, 0.15) is 17.4 Å². The highest BCUT2D eigenvalue weighted by Crippen LogP contribution is 2.33. The zero-order valence-corrected chi connectivity index (χ0v) is 16.7. The van der Waals surface area contributed by atoms with Crippen molar-refractivity contribution in [3.63, 3.8) is 0 Å². The summed E-state index contributed by atoms with van der Waals surface area (Å²) in [5, 5.41) is 5.54. The summed E-state index contributed by atoms with van der Waals surface area (Å²) < 4.78 is 7.57. The third-order valence-electron chi connectivity index (χ3n) is 4.40. The van der Waals surface area contributed by atoms with Gasteiger partial charge in [0.05, 0.1) is 12.0 Å². The number of ether oxygens (including phenoxy) is 1. The molecule has 1 aromatic carbocycles. The van der Waals surface area contributed by atoms with Gasteiger partial charge in [-0.05, 0) is 48.9 Å². The maximum Gasteiger partial charge on any atom is 0.322 e. The first-order valence-electron chi connectivity index (χ1n) is 8.94. The summed E-state index contributed by atoms with van der Waals surface area (Å²) in [4.78, 5) is 33.0. The second-order valence-electron chi connectivity index (χ2n) is 6.61. The van der Waals surface area contributed by atoms with Gasteiger partial charge < -0.3 is 14.6 Å². The Bertz CT molecular complexity index is 1060. The number of nitrogens with one attached hydrogen (secondary N) is 2. The number of benzene rings is 1. The lowest BCUT2D eigenvalue weighted by Crippen LogP contribution is -2.23. The van der Waals surface area contributed by atoms with Crippen LogP contribution in [0.25, 0.3) is 0 Å². The SMILES string of the molecule is Cc1cc(COc2ccc(Sc3ncn(C)c3C3NC(=O)NC3=O)cc2)ccn1. The van der Waals surface area contributed by atoms with E-state index in [1.54, 1.807) is 24.1 Å². The predicted molar refractivity (Wildman–Crippen MR) is 106 cm³/mol. The van der Waals surface area contributed by atoms with Gasteiger partial charge in [0.25, 0.3) is 5.91 Å². The van der Waals surface area contributed by atoms with E-state index in [9.17, 15) is 9.59 Å². The van der Waals surface area contributed by atoms with Crippen LogP contribution in [0.15, 0.2) is 58.8 Å². The van der Waals surface area contributed by atoms with Crippen LogP contribution in [0.2, 0.25) is 0 Å². The molecule has 1 aliphatic heterocycles. The van der Waals surface area contributed by atoms with E-state index >= 15 is 0 Å². The lowest BCUT2D eigenvalue weighted by Gasteiger charge is -2.11. The van der Waals surface area contributed by atoms with Crippen molar-refractivity contribution in [2.75, 3.05) is 0 Å². The Hall–Kier alpha value is -3.33. The number of urea groups is 1. The summed E-state index contributed by atoms with van der Waals surface area (Å²) in [5.74, 6) is 0.378. The molecule has 2 N–H and O–H groups in total. The summed E-state index contributed by atoms with van der Waals surface area (Å²) in [6.07, 6.45) is 3.40. The van der Waals surface area contributed by atoms with Gasteiger partial charge in [-0.2, -0.15) is 0 Å². The zero-order valence-electron chi connectivity index (χ0n) is 15.9. The van der Waals surface area contributed by atoms with E-state index in [-0.39, 0.29) is 5.91 Å². The molecule has 0 saturated carbocycles. The highest BCUT2D eigenvalue weighted by molar-refractivity contribution is 7.99. The average molecular weight is 409 g/mol. The number of amides is 3. The Kier molecular flexibility index (Phi) is 5.22. The largest absolute Gasteiger partial charge is 0.489 e. The third-order valence-corrected chi connectivity index (χ3v) is 5.42. The van der Waals surface area contributed by atoms with E-state index in [1.807, 2.05) is 43.3 Å². The van der Waals surface area contributed by atoms with Gasteiger partial charge in [0.2, 0.25) is 0 Å². The Labute approximate surface area is 171 Å². The molecule has 29 heavy (non-hydrogen) atoms. The second-order valence-corrected chi connectivity index (χ2v) is 7.67. The number of hydrogen-bond donors (Lipinski definition) is 2. The first-order valence-corrected chi connectivity index (χ1v) is 9.76. The van der Waals surface area contributed by atoms with Gasteiger partial charge in [-0.3, -0.25) is 15.1 Å². The molecule has 0 bridgehead atoms. The summed E-state index contributed by atoms with van der Waals surface area (Å²) in [6.45, 7) is 2.42. The van der Waals surface area contributed by atoms with Crippen molar-refractivity contribution < 1.29 is 14.3 Å². The van der Waals surface area contributed by atoms with Gasteiger partial charge >= 0.3 is 6.03 Å². The molecule has 0 spiro atoms. The number of hydrogen-bond acceptors (Lipinski definition) is 6. The Morgan fingerprint density at radius 2 is 1.97 bits per heavy atom. The first kappa shape index (κ1) is 19.0. The van der Waals surface area contributed by atoms with Crippen LogP contribution in [0.3, 0.4) is 0 Å². The van der Waals surface area contributed by atoms with Crippen LogP contribution in [-0.4, -0.2) is 26.5 Å². The lowest BCUT2D eigenvalue weighted by molar-refractivity contribution is -0.120. The molecule has 0 aliphatic carbocycles. The van der Waals surface area contributed by atoms with Crippen molar-refractivity contribution in [2.45, 2.75) is 29.5 Å². The van der Waals surface area contributed by atoms with Crippen LogP contribution < -0.4 is 15.4 Å². The fourth-order valence-electron chi connectivity index (χ4n) is 3.01. The van der Waals surface area contributed by atoms with E-state index < -0.39 is 12.1 Å². The second kappa shape index (κ2) is 7.96. The standard InChI is InChI=1S/C20H19N5O3S/c1-12-9-13(7-8-21-12)10-28-14-3-5-15(6-4-14)29-19-17(25(2)11-22-19)16-18(26)24-20(27)23-16/h3-9,11,16H,10H2,1-2H3,(H2,23,24,26,27). The fourth-order valence-corrected chi connectivity index (χ4v) is 3.97. The van der Waals surface area contributed by atoms with Crippen LogP contribution in [0.4, 0.5) is 4.79 Å². The molecular weight excluding hydrogens is 390 g/mol. The van der Waals surface area contributed by atoms with Crippen LogP contribution in [-0.2, 0) is 18.4 Å². The average Bonchev–Trinajstić information content (AvgIpc) is 3.22. The topological polar surface area (TPSA) is 98.1 Å². The molecular formula is C20H19N5O3S. The molecule has 2 aromatic heterocycles. The molecule has 1 saturated heterocycles. The number of pyridine rings is 1. The Morgan fingerprint density at radius 1 is 1.17 bits per heavy atom. The van der Waals surface area contributed by atoms with Crippen LogP contribution in [0, 0.1) is 6.92 Å². The minimum absolute atomic E-state index is 0.379. The number of aryl methyl sites for hydroxylation is 2. The summed E-state index contributed by atoms with van der Waals surface area (Å²) in [7, 11) is 1.79. The van der Waals surface area contributed by atoms with Gasteiger partial charge in [-0.25, -0.2) is 9.78 Å². The van der Waals surface area contributed by atoms with Crippen LogP contribution >= 0.6 is 11.8 Å². The molecule has 0 radical (unpaired) electrons. The molecule has 148 valence electrons. The number of carbonyl (C=O) groups is 2. The summed E-state index contributed by atoms with van der Waals surface area (Å²) >= 11 is 1.42. The molecule has 8 nitrogen and oxygen atoms in total. The van der Waals surface area contributed by atoms with E-state index in [0.29, 0.717) is 17.3 Å². The molecule has 1 unspecified atom stereocenters.